The van der Waals surface area contributed by atoms with E-state index in [1.165, 1.54) is 13.2 Å². The maximum atomic E-state index is 12.8. The highest BCUT2D eigenvalue weighted by Gasteiger charge is 2.52. The average Bonchev–Trinajstić information content (AvgIpc) is 2.46. The SMILES string of the molecule is C=CCO/N=C1/CC(C)(C)[C@@H](C(=O)OC)C(=O)[C@@H]1C(=O)CCC. The van der Waals surface area contributed by atoms with Crippen LogP contribution in [0.3, 0.4) is 0 Å². The number of Topliss-reactive ketones (excluding diaryl/α,β-unsaturated/α-hetero) is 2. The van der Waals surface area contributed by atoms with E-state index in [1.54, 1.807) is 13.8 Å². The van der Waals surface area contributed by atoms with Crippen molar-refractivity contribution in [1.29, 1.82) is 0 Å². The Morgan fingerprint density at radius 2 is 2.09 bits per heavy atom. The third kappa shape index (κ3) is 4.27. The first-order chi connectivity index (χ1) is 10.8. The van der Waals surface area contributed by atoms with E-state index in [9.17, 15) is 14.4 Å². The highest BCUT2D eigenvalue weighted by molar-refractivity contribution is 6.26. The second kappa shape index (κ2) is 8.04. The molecule has 0 spiro atoms. The van der Waals surface area contributed by atoms with Crippen LogP contribution in [-0.4, -0.2) is 37.0 Å². The van der Waals surface area contributed by atoms with Gasteiger partial charge in [-0.05, 0) is 18.3 Å². The van der Waals surface area contributed by atoms with E-state index in [0.29, 0.717) is 18.6 Å². The molecule has 6 heteroatoms. The maximum Gasteiger partial charge on any atom is 0.316 e. The molecule has 0 aliphatic heterocycles. The molecule has 0 aromatic carbocycles. The summed E-state index contributed by atoms with van der Waals surface area (Å²) in [6, 6.07) is 0. The van der Waals surface area contributed by atoms with Gasteiger partial charge in [0.2, 0.25) is 0 Å². The van der Waals surface area contributed by atoms with Crippen LogP contribution in [-0.2, 0) is 24.0 Å². The number of oxime groups is 1. The molecule has 0 radical (unpaired) electrons. The molecule has 1 aliphatic carbocycles. The molecule has 0 amide bonds. The number of ether oxygens (including phenoxy) is 1. The van der Waals surface area contributed by atoms with Gasteiger partial charge in [-0.3, -0.25) is 14.4 Å². The number of carbonyl (C=O) groups is 3. The van der Waals surface area contributed by atoms with Crippen molar-refractivity contribution >= 4 is 23.2 Å². The number of ketones is 2. The van der Waals surface area contributed by atoms with Gasteiger partial charge in [0.1, 0.15) is 24.2 Å². The summed E-state index contributed by atoms with van der Waals surface area (Å²) in [4.78, 5) is 42.4. The molecule has 0 unspecified atom stereocenters. The van der Waals surface area contributed by atoms with E-state index in [4.69, 9.17) is 9.57 Å². The second-order valence-electron chi connectivity index (χ2n) is 6.34. The van der Waals surface area contributed by atoms with Crippen molar-refractivity contribution < 1.29 is 24.0 Å². The number of hydrogen-bond acceptors (Lipinski definition) is 6. The van der Waals surface area contributed by atoms with Crippen molar-refractivity contribution in [2.24, 2.45) is 22.4 Å². The van der Waals surface area contributed by atoms with Crippen LogP contribution in [0.5, 0.6) is 0 Å². The minimum atomic E-state index is -1.03. The normalized spacial score (nSPS) is 25.0. The zero-order chi connectivity index (χ0) is 17.6. The molecular formula is C17H25NO5. The van der Waals surface area contributed by atoms with Crippen molar-refractivity contribution in [3.8, 4) is 0 Å². The van der Waals surface area contributed by atoms with Gasteiger partial charge in [0.15, 0.2) is 5.78 Å². The molecule has 1 fully saturated rings. The minimum Gasteiger partial charge on any atom is -0.468 e. The zero-order valence-electron chi connectivity index (χ0n) is 14.3. The Morgan fingerprint density at radius 3 is 2.61 bits per heavy atom. The molecule has 0 aromatic rings. The van der Waals surface area contributed by atoms with Gasteiger partial charge in [0.25, 0.3) is 0 Å². The standard InChI is InChI=1S/C17H25NO5/c1-6-8-12(19)13-11(18-23-9-7-2)10-17(3,4)14(15(13)20)16(21)22-5/h7,13-14H,2,6,8-10H2,1,3-5H3/b18-11-/t13-,14+/m0/s1. The average molecular weight is 323 g/mol. The largest absolute Gasteiger partial charge is 0.468 e. The summed E-state index contributed by atoms with van der Waals surface area (Å²) >= 11 is 0. The Balaban J connectivity index is 3.23. The highest BCUT2D eigenvalue weighted by atomic mass is 16.6. The van der Waals surface area contributed by atoms with Gasteiger partial charge in [-0.15, -0.1) is 0 Å². The molecule has 0 N–H and O–H groups in total. The smallest absolute Gasteiger partial charge is 0.316 e. The van der Waals surface area contributed by atoms with Gasteiger partial charge in [-0.2, -0.15) is 0 Å². The van der Waals surface area contributed by atoms with Gasteiger partial charge in [0, 0.05) is 6.42 Å². The predicted molar refractivity (Wildman–Crippen MR) is 85.9 cm³/mol. The van der Waals surface area contributed by atoms with Crippen LogP contribution in [0, 0.1) is 17.3 Å². The van der Waals surface area contributed by atoms with Crippen LogP contribution < -0.4 is 0 Å². The zero-order valence-corrected chi connectivity index (χ0v) is 14.3. The quantitative estimate of drug-likeness (QED) is 0.236. The summed E-state index contributed by atoms with van der Waals surface area (Å²) in [5.74, 6) is -3.30. The fourth-order valence-corrected chi connectivity index (χ4v) is 2.93. The molecule has 128 valence electrons. The molecule has 1 rings (SSSR count). The molecule has 1 aliphatic rings. The van der Waals surface area contributed by atoms with Crippen molar-refractivity contribution in [1.82, 2.24) is 0 Å². The topological polar surface area (TPSA) is 82.0 Å². The number of carbonyl (C=O) groups excluding carboxylic acids is 3. The molecular weight excluding hydrogens is 298 g/mol. The van der Waals surface area contributed by atoms with Gasteiger partial charge in [-0.1, -0.05) is 38.6 Å². The molecule has 0 heterocycles. The van der Waals surface area contributed by atoms with E-state index in [0.717, 1.165) is 0 Å². The summed E-state index contributed by atoms with van der Waals surface area (Å²) < 4.78 is 4.76. The maximum absolute atomic E-state index is 12.8. The minimum absolute atomic E-state index is 0.188. The van der Waals surface area contributed by atoms with Gasteiger partial charge in [0.05, 0.1) is 12.8 Å². The van der Waals surface area contributed by atoms with E-state index in [1.807, 2.05) is 6.92 Å². The lowest BCUT2D eigenvalue weighted by atomic mass is 9.62. The van der Waals surface area contributed by atoms with E-state index in [-0.39, 0.29) is 18.8 Å². The van der Waals surface area contributed by atoms with Gasteiger partial charge in [-0.25, -0.2) is 0 Å². The van der Waals surface area contributed by atoms with E-state index in [2.05, 4.69) is 11.7 Å². The van der Waals surface area contributed by atoms with Gasteiger partial charge < -0.3 is 9.57 Å². The Labute approximate surface area is 136 Å². The Kier molecular flexibility index (Phi) is 6.66. The van der Waals surface area contributed by atoms with E-state index >= 15 is 0 Å². The lowest BCUT2D eigenvalue weighted by Crippen LogP contribution is -2.52. The molecule has 0 saturated heterocycles. The highest BCUT2D eigenvalue weighted by Crippen LogP contribution is 2.41. The summed E-state index contributed by atoms with van der Waals surface area (Å²) in [5.41, 5.74) is -0.316. The second-order valence-corrected chi connectivity index (χ2v) is 6.34. The third-order valence-corrected chi connectivity index (χ3v) is 3.95. The monoisotopic (exact) mass is 323 g/mol. The van der Waals surface area contributed by atoms with Crippen molar-refractivity contribution in [2.75, 3.05) is 13.7 Å². The Hall–Kier alpha value is -1.98. The molecule has 6 nitrogen and oxygen atoms in total. The fraction of sp³-hybridized carbons (Fsp3) is 0.647. The number of rotatable bonds is 7. The van der Waals surface area contributed by atoms with Crippen LogP contribution in [0.1, 0.15) is 40.0 Å². The number of nitrogens with zero attached hydrogens (tertiary/aromatic N) is 1. The number of methoxy groups -OCH3 is 1. The number of hydrogen-bond donors (Lipinski definition) is 0. The fourth-order valence-electron chi connectivity index (χ4n) is 2.93. The predicted octanol–water partition coefficient (Wildman–Crippen LogP) is 2.32. The lowest BCUT2D eigenvalue weighted by molar-refractivity contribution is -0.156. The molecule has 23 heavy (non-hydrogen) atoms. The van der Waals surface area contributed by atoms with Crippen LogP contribution in [0.15, 0.2) is 17.8 Å². The van der Waals surface area contributed by atoms with Crippen LogP contribution in [0.2, 0.25) is 0 Å². The third-order valence-electron chi connectivity index (χ3n) is 3.95. The lowest BCUT2D eigenvalue weighted by Gasteiger charge is -2.39. The van der Waals surface area contributed by atoms with Crippen molar-refractivity contribution in [3.05, 3.63) is 12.7 Å². The first kappa shape index (κ1) is 19.1. The van der Waals surface area contributed by atoms with Crippen LogP contribution >= 0.6 is 0 Å². The first-order valence-corrected chi connectivity index (χ1v) is 7.74. The molecule has 1 saturated carbocycles. The number of esters is 1. The van der Waals surface area contributed by atoms with Crippen molar-refractivity contribution in [3.63, 3.8) is 0 Å². The summed E-state index contributed by atoms with van der Waals surface area (Å²) in [5, 5.41) is 3.97. The molecule has 0 bridgehead atoms. The first-order valence-electron chi connectivity index (χ1n) is 7.74. The van der Waals surface area contributed by atoms with Gasteiger partial charge >= 0.3 is 5.97 Å². The van der Waals surface area contributed by atoms with Crippen LogP contribution in [0.4, 0.5) is 0 Å². The summed E-state index contributed by atoms with van der Waals surface area (Å²) in [7, 11) is 1.24. The molecule has 0 aromatic heterocycles. The van der Waals surface area contributed by atoms with Crippen molar-refractivity contribution in [2.45, 2.75) is 40.0 Å². The molecule has 2 atom stereocenters. The Morgan fingerprint density at radius 1 is 1.43 bits per heavy atom. The van der Waals surface area contributed by atoms with Crippen LogP contribution in [0.25, 0.3) is 0 Å². The summed E-state index contributed by atoms with van der Waals surface area (Å²) in [6.45, 7) is 9.15. The van der Waals surface area contributed by atoms with E-state index < -0.39 is 29.0 Å². The summed E-state index contributed by atoms with van der Waals surface area (Å²) in [6.07, 6.45) is 2.72. The Bertz CT molecular complexity index is 521.